The number of hydrogen-bond donors (Lipinski definition) is 2. The van der Waals surface area contributed by atoms with Gasteiger partial charge in [-0.2, -0.15) is 0 Å². The Kier molecular flexibility index (Phi) is 5.88. The molecule has 0 saturated heterocycles. The molecule has 124 valence electrons. The highest BCUT2D eigenvalue weighted by Gasteiger charge is 2.11. The molecule has 4 nitrogen and oxygen atoms in total. The van der Waals surface area contributed by atoms with Crippen molar-refractivity contribution in [1.82, 2.24) is 0 Å². The topological polar surface area (TPSA) is 66.8 Å². The summed E-state index contributed by atoms with van der Waals surface area (Å²) in [5, 5.41) is 0. The van der Waals surface area contributed by atoms with Gasteiger partial charge in [0.15, 0.2) is 11.6 Å². The fourth-order valence-electron chi connectivity index (χ4n) is 2.09. The smallest absolute Gasteiger partial charge is 0.325 e. The SMILES string of the molecule is O=P(O)(O)CCCCc1cccc(Oc2ccc(F)c(F)c2)c1. The number of ether oxygens (including phenoxy) is 1. The Morgan fingerprint density at radius 3 is 2.39 bits per heavy atom. The molecular weight excluding hydrogens is 325 g/mol. The van der Waals surface area contributed by atoms with Gasteiger partial charge in [-0.05, 0) is 49.1 Å². The first-order valence-electron chi connectivity index (χ1n) is 7.10. The van der Waals surface area contributed by atoms with E-state index in [9.17, 15) is 13.3 Å². The second kappa shape index (κ2) is 7.68. The Balaban J connectivity index is 1.94. The Morgan fingerprint density at radius 1 is 0.957 bits per heavy atom. The van der Waals surface area contributed by atoms with Crippen molar-refractivity contribution in [3.63, 3.8) is 0 Å². The molecule has 2 aromatic rings. The maximum atomic E-state index is 13.1. The normalized spacial score (nSPS) is 11.5. The Morgan fingerprint density at radius 2 is 1.70 bits per heavy atom. The van der Waals surface area contributed by atoms with Crippen LogP contribution < -0.4 is 4.74 Å². The molecule has 0 amide bonds. The monoisotopic (exact) mass is 342 g/mol. The van der Waals surface area contributed by atoms with E-state index < -0.39 is 19.2 Å². The summed E-state index contributed by atoms with van der Waals surface area (Å²) in [6.45, 7) is 0. The van der Waals surface area contributed by atoms with Crippen LogP contribution in [0.1, 0.15) is 18.4 Å². The van der Waals surface area contributed by atoms with Crippen molar-refractivity contribution in [3.05, 3.63) is 59.7 Å². The summed E-state index contributed by atoms with van der Waals surface area (Å²) in [6.07, 6.45) is 1.59. The van der Waals surface area contributed by atoms with Gasteiger partial charge in [-0.1, -0.05) is 12.1 Å². The lowest BCUT2D eigenvalue weighted by atomic mass is 10.1. The molecular formula is C16H17F2O4P. The fraction of sp³-hybridized carbons (Fsp3) is 0.250. The number of rotatable bonds is 7. The average Bonchev–Trinajstić information content (AvgIpc) is 2.47. The van der Waals surface area contributed by atoms with Crippen LogP contribution in [0.5, 0.6) is 11.5 Å². The predicted molar refractivity (Wildman–Crippen MR) is 82.7 cm³/mol. The molecule has 0 saturated carbocycles. The molecule has 2 rings (SSSR count). The molecule has 0 aliphatic rings. The Hall–Kier alpha value is -1.75. The molecule has 2 N–H and O–H groups in total. The number of benzene rings is 2. The van der Waals surface area contributed by atoms with Gasteiger partial charge in [0.05, 0.1) is 0 Å². The van der Waals surface area contributed by atoms with Gasteiger partial charge in [0, 0.05) is 12.2 Å². The fourth-order valence-corrected chi connectivity index (χ4v) is 2.72. The van der Waals surface area contributed by atoms with E-state index in [0.717, 1.165) is 17.7 Å². The van der Waals surface area contributed by atoms with Crippen LogP contribution in [0.3, 0.4) is 0 Å². The molecule has 0 aliphatic heterocycles. The van der Waals surface area contributed by atoms with Crippen molar-refractivity contribution in [2.75, 3.05) is 6.16 Å². The van der Waals surface area contributed by atoms with Crippen molar-refractivity contribution >= 4 is 7.60 Å². The van der Waals surface area contributed by atoms with E-state index in [1.165, 1.54) is 6.07 Å². The van der Waals surface area contributed by atoms with Crippen molar-refractivity contribution in [3.8, 4) is 11.5 Å². The molecule has 0 spiro atoms. The molecule has 0 aliphatic carbocycles. The second-order valence-electron chi connectivity index (χ2n) is 5.17. The zero-order chi connectivity index (χ0) is 16.9. The molecule has 0 bridgehead atoms. The Labute approximate surface area is 132 Å². The third-order valence-corrected chi connectivity index (χ3v) is 4.09. The van der Waals surface area contributed by atoms with Gasteiger partial charge in [0.25, 0.3) is 0 Å². The van der Waals surface area contributed by atoms with Crippen molar-refractivity contribution in [2.24, 2.45) is 0 Å². The standard InChI is InChI=1S/C16H17F2O4P/c17-15-8-7-14(11-16(15)18)22-13-6-3-5-12(10-13)4-1-2-9-23(19,20)21/h3,5-8,10-11H,1-2,4,9H2,(H2,19,20,21). The molecule has 2 aromatic carbocycles. The summed E-state index contributed by atoms with van der Waals surface area (Å²) in [7, 11) is -3.94. The summed E-state index contributed by atoms with van der Waals surface area (Å²) in [4.78, 5) is 17.6. The maximum Gasteiger partial charge on any atom is 0.325 e. The van der Waals surface area contributed by atoms with Crippen molar-refractivity contribution in [2.45, 2.75) is 19.3 Å². The number of unbranched alkanes of at least 4 members (excludes halogenated alkanes) is 1. The molecule has 23 heavy (non-hydrogen) atoms. The van der Waals surface area contributed by atoms with E-state index in [2.05, 4.69) is 0 Å². The minimum atomic E-state index is -3.94. The molecule has 0 heterocycles. The van der Waals surface area contributed by atoms with E-state index in [1.54, 1.807) is 18.2 Å². The highest BCUT2D eigenvalue weighted by Crippen LogP contribution is 2.35. The third-order valence-electron chi connectivity index (χ3n) is 3.19. The molecule has 0 atom stereocenters. The predicted octanol–water partition coefficient (Wildman–Crippen LogP) is 4.26. The second-order valence-corrected chi connectivity index (χ2v) is 6.95. The van der Waals surface area contributed by atoms with Crippen LogP contribution in [0.15, 0.2) is 42.5 Å². The Bertz CT molecular complexity index is 715. The van der Waals surface area contributed by atoms with Crippen molar-refractivity contribution < 1.29 is 27.9 Å². The van der Waals surface area contributed by atoms with E-state index in [4.69, 9.17) is 14.5 Å². The van der Waals surface area contributed by atoms with Gasteiger partial charge in [0.2, 0.25) is 0 Å². The first kappa shape index (κ1) is 17.6. The summed E-state index contributed by atoms with van der Waals surface area (Å²) < 4.78 is 42.3. The molecule has 0 aromatic heterocycles. The van der Waals surface area contributed by atoms with Crippen LogP contribution in [0.4, 0.5) is 8.78 Å². The van der Waals surface area contributed by atoms with Gasteiger partial charge in [-0.25, -0.2) is 8.78 Å². The first-order chi connectivity index (χ1) is 10.8. The molecule has 0 fully saturated rings. The van der Waals surface area contributed by atoms with E-state index >= 15 is 0 Å². The maximum absolute atomic E-state index is 13.1. The summed E-state index contributed by atoms with van der Waals surface area (Å²) in [5.41, 5.74) is 0.941. The van der Waals surface area contributed by atoms with Crippen LogP contribution >= 0.6 is 7.60 Å². The van der Waals surface area contributed by atoms with E-state index in [-0.39, 0.29) is 11.9 Å². The van der Waals surface area contributed by atoms with Gasteiger partial charge >= 0.3 is 7.60 Å². The summed E-state index contributed by atoms with van der Waals surface area (Å²) in [5.74, 6) is -1.22. The van der Waals surface area contributed by atoms with Gasteiger partial charge in [0.1, 0.15) is 11.5 Å². The lowest BCUT2D eigenvalue weighted by Gasteiger charge is -2.08. The van der Waals surface area contributed by atoms with Gasteiger partial charge in [-0.15, -0.1) is 0 Å². The number of aryl methyl sites for hydroxylation is 1. The lowest BCUT2D eigenvalue weighted by Crippen LogP contribution is -1.92. The van der Waals surface area contributed by atoms with E-state index in [0.29, 0.717) is 25.0 Å². The number of halogens is 2. The molecule has 7 heteroatoms. The minimum absolute atomic E-state index is 0.127. The lowest BCUT2D eigenvalue weighted by molar-refractivity contribution is 0.371. The summed E-state index contributed by atoms with van der Waals surface area (Å²) in [6, 6.07) is 10.4. The van der Waals surface area contributed by atoms with Crippen LogP contribution in [0.25, 0.3) is 0 Å². The zero-order valence-electron chi connectivity index (χ0n) is 12.3. The van der Waals surface area contributed by atoms with Crippen LogP contribution in [0, 0.1) is 11.6 Å². The van der Waals surface area contributed by atoms with Gasteiger partial charge in [-0.3, -0.25) is 4.57 Å². The summed E-state index contributed by atoms with van der Waals surface area (Å²) >= 11 is 0. The number of hydrogen-bond acceptors (Lipinski definition) is 2. The van der Waals surface area contributed by atoms with Crippen LogP contribution in [0.2, 0.25) is 0 Å². The zero-order valence-corrected chi connectivity index (χ0v) is 13.2. The van der Waals surface area contributed by atoms with Crippen LogP contribution in [-0.4, -0.2) is 15.9 Å². The minimum Gasteiger partial charge on any atom is -0.457 e. The average molecular weight is 342 g/mol. The highest BCUT2D eigenvalue weighted by atomic mass is 31.2. The third kappa shape index (κ3) is 6.10. The van der Waals surface area contributed by atoms with Crippen LogP contribution in [-0.2, 0) is 11.0 Å². The largest absolute Gasteiger partial charge is 0.457 e. The molecule has 0 unspecified atom stereocenters. The van der Waals surface area contributed by atoms with E-state index in [1.807, 2.05) is 6.07 Å². The quantitative estimate of drug-likeness (QED) is 0.583. The first-order valence-corrected chi connectivity index (χ1v) is 8.90. The molecule has 0 radical (unpaired) electrons. The van der Waals surface area contributed by atoms with Crippen molar-refractivity contribution in [1.29, 1.82) is 0 Å². The van der Waals surface area contributed by atoms with Gasteiger partial charge < -0.3 is 14.5 Å². The highest BCUT2D eigenvalue weighted by molar-refractivity contribution is 7.51.